The van der Waals surface area contributed by atoms with Crippen molar-refractivity contribution in [3.63, 3.8) is 0 Å². The summed E-state index contributed by atoms with van der Waals surface area (Å²) in [5, 5.41) is 11.3. The van der Waals surface area contributed by atoms with Gasteiger partial charge in [0, 0.05) is 0 Å². The van der Waals surface area contributed by atoms with Crippen LogP contribution < -0.4 is 4.74 Å². The Morgan fingerprint density at radius 2 is 1.50 bits per heavy atom. The zero-order valence-corrected chi connectivity index (χ0v) is 8.58. The van der Waals surface area contributed by atoms with Crippen LogP contribution >= 0.6 is 0 Å². The largest absolute Gasteiger partial charge is 0.457 e. The van der Waals surface area contributed by atoms with Crippen molar-refractivity contribution < 1.29 is 9.94 Å². The quantitative estimate of drug-likeness (QED) is 0.483. The third-order valence-electron chi connectivity index (χ3n) is 2.07. The minimum atomic E-state index is 0.751. The number of hydrogen-bond acceptors (Lipinski definition) is 3. The molecule has 0 bridgehead atoms. The van der Waals surface area contributed by atoms with Crippen molar-refractivity contribution in [1.82, 2.24) is 0 Å². The highest BCUT2D eigenvalue weighted by molar-refractivity contribution is 5.79. The van der Waals surface area contributed by atoms with E-state index in [9.17, 15) is 0 Å². The molecule has 0 heterocycles. The van der Waals surface area contributed by atoms with Crippen molar-refractivity contribution in [2.45, 2.75) is 0 Å². The van der Waals surface area contributed by atoms with Crippen molar-refractivity contribution in [2.75, 3.05) is 0 Å². The molecule has 80 valence electrons. The summed E-state index contributed by atoms with van der Waals surface area (Å²) in [6.07, 6.45) is 1.37. The molecule has 0 spiro atoms. The third-order valence-corrected chi connectivity index (χ3v) is 2.07. The molecule has 0 atom stereocenters. The van der Waals surface area contributed by atoms with Crippen molar-refractivity contribution in [3.05, 3.63) is 60.2 Å². The van der Waals surface area contributed by atoms with Crippen LogP contribution in [0.2, 0.25) is 0 Å². The van der Waals surface area contributed by atoms with Gasteiger partial charge in [-0.15, -0.1) is 0 Å². The van der Waals surface area contributed by atoms with Gasteiger partial charge < -0.3 is 9.94 Å². The Labute approximate surface area is 93.6 Å². The fraction of sp³-hybridized carbons (Fsp3) is 0. The molecule has 0 saturated heterocycles. The molecule has 0 amide bonds. The van der Waals surface area contributed by atoms with E-state index >= 15 is 0 Å². The minimum Gasteiger partial charge on any atom is -0.457 e. The predicted molar refractivity (Wildman–Crippen MR) is 62.3 cm³/mol. The van der Waals surface area contributed by atoms with Gasteiger partial charge in [0.25, 0.3) is 0 Å². The van der Waals surface area contributed by atoms with Gasteiger partial charge in [-0.3, -0.25) is 0 Å². The van der Waals surface area contributed by atoms with Crippen LogP contribution in [0.3, 0.4) is 0 Å². The van der Waals surface area contributed by atoms with E-state index < -0.39 is 0 Å². The molecule has 0 aliphatic rings. The lowest BCUT2D eigenvalue weighted by molar-refractivity contribution is 0.322. The van der Waals surface area contributed by atoms with Crippen molar-refractivity contribution in [2.24, 2.45) is 5.16 Å². The fourth-order valence-corrected chi connectivity index (χ4v) is 1.31. The van der Waals surface area contributed by atoms with Crippen LogP contribution in [-0.4, -0.2) is 11.4 Å². The second-order valence-electron chi connectivity index (χ2n) is 3.23. The Kier molecular flexibility index (Phi) is 3.18. The van der Waals surface area contributed by atoms with E-state index in [-0.39, 0.29) is 0 Å². The van der Waals surface area contributed by atoms with E-state index in [1.807, 2.05) is 54.6 Å². The number of para-hydroxylation sites is 1. The first-order chi connectivity index (χ1) is 7.88. The maximum Gasteiger partial charge on any atom is 0.127 e. The normalized spacial score (nSPS) is 10.5. The van der Waals surface area contributed by atoms with Crippen LogP contribution in [0.1, 0.15) is 5.56 Å². The number of oxime groups is 1. The molecule has 16 heavy (non-hydrogen) atoms. The molecule has 0 fully saturated rings. The van der Waals surface area contributed by atoms with Gasteiger partial charge in [0.1, 0.15) is 11.5 Å². The summed E-state index contributed by atoms with van der Waals surface area (Å²) < 4.78 is 5.60. The maximum atomic E-state index is 8.36. The second kappa shape index (κ2) is 4.98. The van der Waals surface area contributed by atoms with Crippen LogP contribution in [0.15, 0.2) is 59.8 Å². The summed E-state index contributed by atoms with van der Waals surface area (Å²) in [6, 6.07) is 16.8. The van der Waals surface area contributed by atoms with E-state index in [1.165, 1.54) is 6.21 Å². The summed E-state index contributed by atoms with van der Waals surface area (Å²) in [7, 11) is 0. The molecule has 1 N–H and O–H groups in total. The van der Waals surface area contributed by atoms with Crippen LogP contribution in [-0.2, 0) is 0 Å². The first kappa shape index (κ1) is 10.2. The zero-order valence-electron chi connectivity index (χ0n) is 8.58. The Morgan fingerprint density at radius 3 is 2.12 bits per heavy atom. The molecule has 0 aliphatic carbocycles. The Morgan fingerprint density at radius 1 is 0.875 bits per heavy atom. The van der Waals surface area contributed by atoms with E-state index in [2.05, 4.69) is 5.16 Å². The summed E-state index contributed by atoms with van der Waals surface area (Å²) in [4.78, 5) is 0. The minimum absolute atomic E-state index is 0.751. The topological polar surface area (TPSA) is 41.8 Å². The smallest absolute Gasteiger partial charge is 0.127 e. The number of ether oxygens (including phenoxy) is 1. The van der Waals surface area contributed by atoms with Crippen molar-refractivity contribution >= 4 is 6.21 Å². The summed E-state index contributed by atoms with van der Waals surface area (Å²) >= 11 is 0. The van der Waals surface area contributed by atoms with Crippen LogP contribution in [0.25, 0.3) is 0 Å². The zero-order chi connectivity index (χ0) is 11.2. The Bertz CT molecular complexity index is 463. The van der Waals surface area contributed by atoms with Gasteiger partial charge in [-0.05, 0) is 42.0 Å². The van der Waals surface area contributed by atoms with Crippen molar-refractivity contribution in [3.8, 4) is 11.5 Å². The molecule has 0 saturated carbocycles. The standard InChI is InChI=1S/C13H11NO2/c15-14-10-11-6-8-13(9-7-11)16-12-4-2-1-3-5-12/h1-10,15H. The average molecular weight is 213 g/mol. The van der Waals surface area contributed by atoms with Gasteiger partial charge in [0.05, 0.1) is 6.21 Å². The van der Waals surface area contributed by atoms with Gasteiger partial charge in [0.2, 0.25) is 0 Å². The highest BCUT2D eigenvalue weighted by Gasteiger charge is 1.95. The van der Waals surface area contributed by atoms with Crippen LogP contribution in [0, 0.1) is 0 Å². The Balaban J connectivity index is 2.11. The van der Waals surface area contributed by atoms with Gasteiger partial charge in [-0.25, -0.2) is 0 Å². The van der Waals surface area contributed by atoms with Gasteiger partial charge in [-0.1, -0.05) is 23.4 Å². The summed E-state index contributed by atoms with van der Waals surface area (Å²) in [6.45, 7) is 0. The second-order valence-corrected chi connectivity index (χ2v) is 3.23. The van der Waals surface area contributed by atoms with Gasteiger partial charge in [-0.2, -0.15) is 0 Å². The van der Waals surface area contributed by atoms with E-state index in [0.29, 0.717) is 0 Å². The number of benzene rings is 2. The van der Waals surface area contributed by atoms with Gasteiger partial charge in [0.15, 0.2) is 0 Å². The maximum absolute atomic E-state index is 8.36. The van der Waals surface area contributed by atoms with Crippen LogP contribution in [0.4, 0.5) is 0 Å². The monoisotopic (exact) mass is 213 g/mol. The first-order valence-electron chi connectivity index (χ1n) is 4.89. The lowest BCUT2D eigenvalue weighted by atomic mass is 10.2. The van der Waals surface area contributed by atoms with Crippen LogP contribution in [0.5, 0.6) is 11.5 Å². The molecule has 0 aliphatic heterocycles. The van der Waals surface area contributed by atoms with E-state index in [4.69, 9.17) is 9.94 Å². The average Bonchev–Trinajstić information content (AvgIpc) is 2.33. The number of hydrogen-bond donors (Lipinski definition) is 1. The van der Waals surface area contributed by atoms with E-state index in [1.54, 1.807) is 0 Å². The summed E-state index contributed by atoms with van der Waals surface area (Å²) in [5.41, 5.74) is 0.822. The highest BCUT2D eigenvalue weighted by atomic mass is 16.5. The molecule has 0 aromatic heterocycles. The Hall–Kier alpha value is -2.29. The number of rotatable bonds is 3. The molecular formula is C13H11NO2. The molecule has 0 radical (unpaired) electrons. The molecular weight excluding hydrogens is 202 g/mol. The number of nitrogens with zero attached hydrogens (tertiary/aromatic N) is 1. The van der Waals surface area contributed by atoms with E-state index in [0.717, 1.165) is 17.1 Å². The molecule has 2 aromatic carbocycles. The molecule has 3 nitrogen and oxygen atoms in total. The molecule has 2 aromatic rings. The fourth-order valence-electron chi connectivity index (χ4n) is 1.31. The molecule has 3 heteroatoms. The molecule has 2 rings (SSSR count). The highest BCUT2D eigenvalue weighted by Crippen LogP contribution is 2.20. The SMILES string of the molecule is ON=Cc1ccc(Oc2ccccc2)cc1. The predicted octanol–water partition coefficient (Wildman–Crippen LogP) is 3.29. The lowest BCUT2D eigenvalue weighted by Crippen LogP contribution is -1.85. The first-order valence-corrected chi connectivity index (χ1v) is 4.89. The third kappa shape index (κ3) is 2.60. The summed E-state index contributed by atoms with van der Waals surface area (Å²) in [5.74, 6) is 1.55. The van der Waals surface area contributed by atoms with Gasteiger partial charge >= 0.3 is 0 Å². The lowest BCUT2D eigenvalue weighted by Gasteiger charge is -2.04. The van der Waals surface area contributed by atoms with Crippen molar-refractivity contribution in [1.29, 1.82) is 0 Å². The molecule has 0 unspecified atom stereocenters.